The Labute approximate surface area is 139 Å². The predicted molar refractivity (Wildman–Crippen MR) is 81.9 cm³/mol. The van der Waals surface area contributed by atoms with Crippen molar-refractivity contribution in [2.45, 2.75) is 6.18 Å². The number of alkyl halides is 3. The van der Waals surface area contributed by atoms with Crippen LogP contribution in [-0.2, 0) is 6.18 Å². The Bertz CT molecular complexity index is 832. The molecular formula is C15H9ClF3N3O2. The van der Waals surface area contributed by atoms with Crippen LogP contribution in [0, 0.1) is 11.3 Å². The zero-order chi connectivity index (χ0) is 17.9. The number of aromatic hydroxyl groups is 1. The summed E-state index contributed by atoms with van der Waals surface area (Å²) in [7, 11) is 0. The van der Waals surface area contributed by atoms with Gasteiger partial charge in [0, 0.05) is 5.69 Å². The van der Waals surface area contributed by atoms with E-state index in [1.165, 1.54) is 18.2 Å². The minimum Gasteiger partial charge on any atom is -0.508 e. The molecule has 124 valence electrons. The van der Waals surface area contributed by atoms with E-state index < -0.39 is 22.8 Å². The van der Waals surface area contributed by atoms with Crippen molar-refractivity contribution in [3.05, 3.63) is 52.5 Å². The van der Waals surface area contributed by atoms with Crippen molar-refractivity contribution in [1.82, 2.24) is 0 Å². The number of nitriles is 1. The van der Waals surface area contributed by atoms with Crippen LogP contribution < -0.4 is 10.6 Å². The molecule has 0 aliphatic heterocycles. The Morgan fingerprint density at radius 2 is 1.88 bits per heavy atom. The van der Waals surface area contributed by atoms with Gasteiger partial charge < -0.3 is 15.7 Å². The molecule has 2 aromatic carbocycles. The molecule has 0 saturated heterocycles. The number of phenolic OH excluding ortho intramolecular Hbond substituents is 1. The lowest BCUT2D eigenvalue weighted by Crippen LogP contribution is -2.20. The summed E-state index contributed by atoms with van der Waals surface area (Å²) >= 11 is 5.49. The molecule has 9 heteroatoms. The molecule has 2 aromatic rings. The van der Waals surface area contributed by atoms with Crippen molar-refractivity contribution in [3.8, 4) is 11.8 Å². The monoisotopic (exact) mass is 355 g/mol. The molecule has 0 aliphatic carbocycles. The van der Waals surface area contributed by atoms with Gasteiger partial charge in [0.1, 0.15) is 11.8 Å². The summed E-state index contributed by atoms with van der Waals surface area (Å²) in [4.78, 5) is 11.9. The van der Waals surface area contributed by atoms with E-state index in [2.05, 4.69) is 10.6 Å². The fourth-order valence-electron chi connectivity index (χ4n) is 1.84. The number of phenols is 1. The first kappa shape index (κ1) is 17.4. The van der Waals surface area contributed by atoms with Gasteiger partial charge >= 0.3 is 12.2 Å². The number of benzene rings is 2. The number of nitrogens with one attached hydrogen (secondary N) is 2. The van der Waals surface area contributed by atoms with E-state index in [1.807, 2.05) is 0 Å². The zero-order valence-corrected chi connectivity index (χ0v) is 12.5. The minimum atomic E-state index is -4.66. The largest absolute Gasteiger partial charge is 0.508 e. The molecular weight excluding hydrogens is 347 g/mol. The van der Waals surface area contributed by atoms with Crippen molar-refractivity contribution in [1.29, 1.82) is 5.26 Å². The van der Waals surface area contributed by atoms with Gasteiger partial charge in [0.15, 0.2) is 0 Å². The van der Waals surface area contributed by atoms with Crippen LogP contribution in [0.1, 0.15) is 11.1 Å². The van der Waals surface area contributed by atoms with E-state index in [4.69, 9.17) is 16.9 Å². The Kier molecular flexibility index (Phi) is 4.85. The Morgan fingerprint density at radius 3 is 2.50 bits per heavy atom. The molecule has 5 nitrogen and oxygen atoms in total. The number of hydrogen-bond donors (Lipinski definition) is 3. The minimum absolute atomic E-state index is 0.00256. The molecule has 0 aromatic heterocycles. The number of hydrogen-bond acceptors (Lipinski definition) is 3. The van der Waals surface area contributed by atoms with Gasteiger partial charge in [-0.3, -0.25) is 0 Å². The van der Waals surface area contributed by atoms with Gasteiger partial charge in [0.2, 0.25) is 0 Å². The lowest BCUT2D eigenvalue weighted by molar-refractivity contribution is -0.137. The molecule has 0 radical (unpaired) electrons. The second kappa shape index (κ2) is 6.68. The molecule has 0 spiro atoms. The van der Waals surface area contributed by atoms with Gasteiger partial charge in [0.05, 0.1) is 21.8 Å². The average Bonchev–Trinajstić information content (AvgIpc) is 2.49. The number of anilines is 2. The van der Waals surface area contributed by atoms with Gasteiger partial charge in [-0.15, -0.1) is 0 Å². The highest BCUT2D eigenvalue weighted by atomic mass is 35.5. The maximum Gasteiger partial charge on any atom is 0.417 e. The van der Waals surface area contributed by atoms with E-state index in [0.717, 1.165) is 12.1 Å². The Balaban J connectivity index is 2.18. The third kappa shape index (κ3) is 4.08. The lowest BCUT2D eigenvalue weighted by atomic mass is 10.2. The third-order valence-corrected chi connectivity index (χ3v) is 3.23. The van der Waals surface area contributed by atoms with Crippen LogP contribution in [0.3, 0.4) is 0 Å². The molecule has 0 fully saturated rings. The van der Waals surface area contributed by atoms with Crippen molar-refractivity contribution in [3.63, 3.8) is 0 Å². The molecule has 0 atom stereocenters. The van der Waals surface area contributed by atoms with Gasteiger partial charge in [-0.25, -0.2) is 4.79 Å². The first-order valence-corrected chi connectivity index (χ1v) is 6.76. The predicted octanol–water partition coefficient (Wildman–Crippen LogP) is 4.58. The molecule has 0 bridgehead atoms. The summed E-state index contributed by atoms with van der Waals surface area (Å²) in [5, 5.41) is 22.2. The molecule has 3 N–H and O–H groups in total. The Hall–Kier alpha value is -2.92. The number of halogens is 4. The van der Waals surface area contributed by atoms with Crippen molar-refractivity contribution < 1.29 is 23.1 Å². The van der Waals surface area contributed by atoms with Crippen molar-refractivity contribution >= 4 is 29.0 Å². The summed E-state index contributed by atoms with van der Waals surface area (Å²) in [5.74, 6) is -0.162. The molecule has 0 heterocycles. The second-order valence-electron chi connectivity index (χ2n) is 4.61. The van der Waals surface area contributed by atoms with E-state index >= 15 is 0 Å². The average molecular weight is 356 g/mol. The molecule has 0 saturated carbocycles. The highest BCUT2D eigenvalue weighted by Gasteiger charge is 2.33. The first-order valence-electron chi connectivity index (χ1n) is 6.38. The van der Waals surface area contributed by atoms with Gasteiger partial charge in [-0.05, 0) is 36.4 Å². The number of urea groups is 1. The van der Waals surface area contributed by atoms with Crippen LogP contribution >= 0.6 is 11.6 Å². The number of amides is 2. The number of carbonyl (C=O) groups is 1. The molecule has 0 unspecified atom stereocenters. The van der Waals surface area contributed by atoms with Crippen LogP contribution in [0.4, 0.5) is 29.3 Å². The smallest absolute Gasteiger partial charge is 0.417 e. The van der Waals surface area contributed by atoms with E-state index in [1.54, 1.807) is 6.07 Å². The van der Waals surface area contributed by atoms with Crippen LogP contribution in [0.2, 0.25) is 5.02 Å². The fourth-order valence-corrected chi connectivity index (χ4v) is 2.06. The normalized spacial score (nSPS) is 10.8. The molecule has 2 amide bonds. The highest BCUT2D eigenvalue weighted by molar-refractivity contribution is 6.31. The van der Waals surface area contributed by atoms with Gasteiger partial charge in [0.25, 0.3) is 0 Å². The van der Waals surface area contributed by atoms with Crippen molar-refractivity contribution in [2.75, 3.05) is 10.6 Å². The number of nitrogens with zero attached hydrogens (tertiary/aromatic N) is 1. The number of rotatable bonds is 2. The topological polar surface area (TPSA) is 85.2 Å². The number of carbonyl (C=O) groups excluding carboxylic acids is 1. The maximum absolute atomic E-state index is 12.8. The van der Waals surface area contributed by atoms with Gasteiger partial charge in [-0.1, -0.05) is 11.6 Å². The van der Waals surface area contributed by atoms with Crippen LogP contribution in [0.5, 0.6) is 5.75 Å². The quantitative estimate of drug-likeness (QED) is 0.689. The fraction of sp³-hybridized carbons (Fsp3) is 0.0667. The molecule has 24 heavy (non-hydrogen) atoms. The molecule has 2 rings (SSSR count). The Morgan fingerprint density at radius 1 is 1.17 bits per heavy atom. The summed E-state index contributed by atoms with van der Waals surface area (Å²) < 4.78 is 38.3. The van der Waals surface area contributed by atoms with Crippen LogP contribution in [0.15, 0.2) is 36.4 Å². The maximum atomic E-state index is 12.8. The van der Waals surface area contributed by atoms with Crippen LogP contribution in [0.25, 0.3) is 0 Å². The summed E-state index contributed by atoms with van der Waals surface area (Å²) in [6, 6.07) is 7.52. The third-order valence-electron chi connectivity index (χ3n) is 2.90. The summed E-state index contributed by atoms with van der Waals surface area (Å²) in [5.41, 5.74) is -1.11. The van der Waals surface area contributed by atoms with Crippen LogP contribution in [-0.4, -0.2) is 11.1 Å². The van der Waals surface area contributed by atoms with Crippen molar-refractivity contribution in [2.24, 2.45) is 0 Å². The summed E-state index contributed by atoms with van der Waals surface area (Å²) in [6.45, 7) is 0. The first-order chi connectivity index (χ1) is 11.2. The lowest BCUT2D eigenvalue weighted by Gasteiger charge is -2.12. The standard InChI is InChI=1S/C15H9ClF3N3O2/c16-12-3-1-9(6-11(12)15(17,18)19)21-14(24)22-13-4-2-10(23)5-8(13)7-20/h1-6,23H,(H2,21,22,24). The summed E-state index contributed by atoms with van der Waals surface area (Å²) in [6.07, 6.45) is -4.66. The van der Waals surface area contributed by atoms with E-state index in [-0.39, 0.29) is 22.7 Å². The second-order valence-corrected chi connectivity index (χ2v) is 5.02. The zero-order valence-electron chi connectivity index (χ0n) is 11.8. The SMILES string of the molecule is N#Cc1cc(O)ccc1NC(=O)Nc1ccc(Cl)c(C(F)(F)F)c1. The van der Waals surface area contributed by atoms with E-state index in [9.17, 15) is 23.1 Å². The van der Waals surface area contributed by atoms with E-state index in [0.29, 0.717) is 6.07 Å². The van der Waals surface area contributed by atoms with Gasteiger partial charge in [-0.2, -0.15) is 18.4 Å². The molecule has 0 aliphatic rings. The highest BCUT2D eigenvalue weighted by Crippen LogP contribution is 2.36.